The van der Waals surface area contributed by atoms with E-state index in [9.17, 15) is 4.79 Å². The van der Waals surface area contributed by atoms with Gasteiger partial charge < -0.3 is 20.2 Å². The van der Waals surface area contributed by atoms with Gasteiger partial charge in [0.15, 0.2) is 11.5 Å². The molecule has 2 rings (SSSR count). The molecule has 120 valence electrons. The number of carbonyl (C=O) groups excluding carboxylic acids is 1. The lowest BCUT2D eigenvalue weighted by atomic mass is 9.92. The number of aromatic nitrogens is 1. The number of nitrogens with zero attached hydrogens (tertiary/aromatic N) is 1. The van der Waals surface area contributed by atoms with Gasteiger partial charge in [0.2, 0.25) is 5.91 Å². The normalized spacial score (nSPS) is 13.3. The number of methoxy groups -OCH3 is 1. The molecule has 1 heterocycles. The van der Waals surface area contributed by atoms with Crippen molar-refractivity contribution in [3.8, 4) is 0 Å². The van der Waals surface area contributed by atoms with Crippen molar-refractivity contribution >= 4 is 22.7 Å². The number of hydrogen-bond acceptors (Lipinski definition) is 5. The fraction of sp³-hybridized carbons (Fsp3) is 0.500. The van der Waals surface area contributed by atoms with Crippen LogP contribution in [0.5, 0.6) is 0 Å². The summed E-state index contributed by atoms with van der Waals surface area (Å²) in [5, 5.41) is 2.75. The predicted molar refractivity (Wildman–Crippen MR) is 85.6 cm³/mol. The van der Waals surface area contributed by atoms with Crippen molar-refractivity contribution in [2.24, 2.45) is 11.1 Å². The van der Waals surface area contributed by atoms with Crippen LogP contribution >= 0.6 is 0 Å². The van der Waals surface area contributed by atoms with Crippen molar-refractivity contribution in [2.75, 3.05) is 19.0 Å². The Morgan fingerprint density at radius 1 is 1.45 bits per heavy atom. The van der Waals surface area contributed by atoms with Gasteiger partial charge in [-0.1, -0.05) is 20.8 Å². The number of amides is 1. The van der Waals surface area contributed by atoms with Crippen LogP contribution in [0.1, 0.15) is 26.7 Å². The summed E-state index contributed by atoms with van der Waals surface area (Å²) in [7, 11) is 1.51. The van der Waals surface area contributed by atoms with Crippen molar-refractivity contribution in [2.45, 2.75) is 33.2 Å². The molecule has 3 N–H and O–H groups in total. The van der Waals surface area contributed by atoms with Crippen LogP contribution in [-0.4, -0.2) is 30.6 Å². The van der Waals surface area contributed by atoms with Gasteiger partial charge in [-0.3, -0.25) is 4.79 Å². The highest BCUT2D eigenvalue weighted by Gasteiger charge is 2.17. The van der Waals surface area contributed by atoms with E-state index in [1.165, 1.54) is 7.11 Å². The minimum Gasteiger partial charge on any atom is -0.441 e. The Morgan fingerprint density at radius 2 is 2.18 bits per heavy atom. The topological polar surface area (TPSA) is 90.4 Å². The van der Waals surface area contributed by atoms with Gasteiger partial charge in [-0.05, 0) is 23.6 Å². The maximum absolute atomic E-state index is 11.9. The van der Waals surface area contributed by atoms with E-state index >= 15 is 0 Å². The molecular weight excluding hydrogens is 282 g/mol. The van der Waals surface area contributed by atoms with E-state index in [2.05, 4.69) is 31.1 Å². The molecule has 0 radical (unpaired) electrons. The molecule has 0 saturated heterocycles. The van der Waals surface area contributed by atoms with Crippen LogP contribution in [0.3, 0.4) is 0 Å². The van der Waals surface area contributed by atoms with Gasteiger partial charge in [0.05, 0.1) is 6.61 Å². The zero-order valence-corrected chi connectivity index (χ0v) is 13.5. The van der Waals surface area contributed by atoms with Crippen molar-refractivity contribution in [1.29, 1.82) is 0 Å². The molecule has 1 amide bonds. The largest absolute Gasteiger partial charge is 0.441 e. The zero-order valence-electron chi connectivity index (χ0n) is 13.5. The summed E-state index contributed by atoms with van der Waals surface area (Å²) in [5.41, 5.74) is 7.86. The van der Waals surface area contributed by atoms with E-state index in [4.69, 9.17) is 14.9 Å². The Bertz CT molecular complexity index is 658. The lowest BCUT2D eigenvalue weighted by molar-refractivity contribution is -0.118. The van der Waals surface area contributed by atoms with Crippen LogP contribution in [0, 0.1) is 5.41 Å². The summed E-state index contributed by atoms with van der Waals surface area (Å²) in [4.78, 5) is 16.3. The molecule has 0 aliphatic heterocycles. The van der Waals surface area contributed by atoms with Gasteiger partial charge in [-0.15, -0.1) is 0 Å². The third-order valence-electron chi connectivity index (χ3n) is 3.06. The number of anilines is 1. The number of nitrogens with one attached hydrogen (secondary N) is 1. The van der Waals surface area contributed by atoms with Crippen molar-refractivity contribution in [3.63, 3.8) is 0 Å². The minimum atomic E-state index is -0.700. The van der Waals surface area contributed by atoms with E-state index < -0.39 is 6.04 Å². The quantitative estimate of drug-likeness (QED) is 0.884. The molecule has 0 saturated carbocycles. The van der Waals surface area contributed by atoms with Crippen LogP contribution in [0.25, 0.3) is 11.1 Å². The van der Waals surface area contributed by atoms with Gasteiger partial charge in [-0.25, -0.2) is 4.98 Å². The molecule has 2 aromatic rings. The molecule has 1 aromatic heterocycles. The third kappa shape index (κ3) is 4.29. The molecule has 1 aromatic carbocycles. The zero-order chi connectivity index (χ0) is 16.3. The lowest BCUT2D eigenvalue weighted by Crippen LogP contribution is -2.39. The molecule has 0 spiro atoms. The van der Waals surface area contributed by atoms with E-state index in [0.29, 0.717) is 17.2 Å². The number of fused-ring (bicyclic) bond motifs is 1. The van der Waals surface area contributed by atoms with Crippen LogP contribution in [0.2, 0.25) is 0 Å². The fourth-order valence-corrected chi connectivity index (χ4v) is 2.07. The average molecular weight is 305 g/mol. The highest BCUT2D eigenvalue weighted by molar-refractivity contribution is 5.96. The van der Waals surface area contributed by atoms with Crippen LogP contribution in [0.4, 0.5) is 5.69 Å². The first-order valence-corrected chi connectivity index (χ1v) is 7.23. The molecular formula is C16H23N3O3. The minimum absolute atomic E-state index is 0.102. The monoisotopic (exact) mass is 305 g/mol. The summed E-state index contributed by atoms with van der Waals surface area (Å²) in [6, 6.07) is 4.65. The first-order chi connectivity index (χ1) is 10.3. The average Bonchev–Trinajstić information content (AvgIpc) is 2.77. The van der Waals surface area contributed by atoms with E-state index in [1.54, 1.807) is 18.2 Å². The number of carbonyl (C=O) groups is 1. The summed E-state index contributed by atoms with van der Waals surface area (Å²) in [6.45, 7) is 6.56. The second kappa shape index (κ2) is 6.46. The molecule has 1 unspecified atom stereocenters. The van der Waals surface area contributed by atoms with Crippen LogP contribution < -0.4 is 11.1 Å². The highest BCUT2D eigenvalue weighted by atomic mass is 16.5. The van der Waals surface area contributed by atoms with Crippen LogP contribution in [-0.2, 0) is 16.0 Å². The lowest BCUT2D eigenvalue weighted by Gasteiger charge is -2.14. The number of rotatable bonds is 5. The molecule has 0 bridgehead atoms. The van der Waals surface area contributed by atoms with Crippen LogP contribution in [0.15, 0.2) is 22.6 Å². The smallest absolute Gasteiger partial charge is 0.243 e. The number of nitrogens with two attached hydrogens (primary N) is 1. The second-order valence-electron chi connectivity index (χ2n) is 6.58. The summed E-state index contributed by atoms with van der Waals surface area (Å²) in [6.07, 6.45) is 0.752. The first kappa shape index (κ1) is 16.5. The summed E-state index contributed by atoms with van der Waals surface area (Å²) in [5.74, 6) is 0.404. The molecule has 22 heavy (non-hydrogen) atoms. The maximum Gasteiger partial charge on any atom is 0.243 e. The van der Waals surface area contributed by atoms with Crippen molar-refractivity contribution < 1.29 is 13.9 Å². The fourth-order valence-electron chi connectivity index (χ4n) is 2.07. The van der Waals surface area contributed by atoms with Gasteiger partial charge in [0.25, 0.3) is 0 Å². The van der Waals surface area contributed by atoms with E-state index in [1.807, 2.05) is 0 Å². The number of hydrogen-bond donors (Lipinski definition) is 2. The molecule has 1 atom stereocenters. The molecule has 0 aliphatic carbocycles. The molecule has 0 fully saturated rings. The van der Waals surface area contributed by atoms with Gasteiger partial charge in [0.1, 0.15) is 11.6 Å². The summed E-state index contributed by atoms with van der Waals surface area (Å²) < 4.78 is 10.6. The van der Waals surface area contributed by atoms with Crippen molar-refractivity contribution in [3.05, 3.63) is 24.1 Å². The predicted octanol–water partition coefficient (Wildman–Crippen LogP) is 2.33. The molecule has 6 heteroatoms. The Hall–Kier alpha value is -1.92. The number of oxazole rings is 1. The van der Waals surface area contributed by atoms with E-state index in [-0.39, 0.29) is 17.9 Å². The van der Waals surface area contributed by atoms with Crippen molar-refractivity contribution in [1.82, 2.24) is 4.98 Å². The first-order valence-electron chi connectivity index (χ1n) is 7.23. The third-order valence-corrected chi connectivity index (χ3v) is 3.06. The Morgan fingerprint density at radius 3 is 2.82 bits per heavy atom. The maximum atomic E-state index is 11.9. The number of benzene rings is 1. The van der Waals surface area contributed by atoms with Gasteiger partial charge in [-0.2, -0.15) is 0 Å². The number of ether oxygens (including phenoxy) is 1. The molecule has 6 nitrogen and oxygen atoms in total. The highest BCUT2D eigenvalue weighted by Crippen LogP contribution is 2.25. The Kier molecular flexibility index (Phi) is 4.83. The Labute approximate surface area is 130 Å². The van der Waals surface area contributed by atoms with Gasteiger partial charge in [0, 0.05) is 19.2 Å². The van der Waals surface area contributed by atoms with Gasteiger partial charge >= 0.3 is 0 Å². The standard InChI is InChI=1S/C16H23N3O3/c1-16(2,3)8-14-19-12-7-10(5-6-13(12)22-14)18-15(20)11(17)9-21-4/h5-7,11H,8-9,17H2,1-4H3,(H,18,20). The van der Waals surface area contributed by atoms with E-state index in [0.717, 1.165) is 11.9 Å². The summed E-state index contributed by atoms with van der Waals surface area (Å²) >= 11 is 0. The SMILES string of the molecule is COCC(N)C(=O)Nc1ccc2oc(CC(C)(C)C)nc2c1. The second-order valence-corrected chi connectivity index (χ2v) is 6.58. The Balaban J connectivity index is 2.15. The molecule has 0 aliphatic rings.